The summed E-state index contributed by atoms with van der Waals surface area (Å²) in [6, 6.07) is -0.813. The lowest BCUT2D eigenvalue weighted by molar-refractivity contribution is 0.00208. The van der Waals surface area contributed by atoms with Crippen LogP contribution in [0.15, 0.2) is 5.29 Å². The molecule has 1 saturated heterocycles. The number of piperidine rings is 1. The Labute approximate surface area is 70.2 Å². The van der Waals surface area contributed by atoms with Gasteiger partial charge in [0.05, 0.1) is 5.29 Å². The van der Waals surface area contributed by atoms with Gasteiger partial charge in [-0.25, -0.2) is 4.79 Å². The maximum absolute atomic E-state index is 10.6. The Balaban J connectivity index is 2.51. The van der Waals surface area contributed by atoms with Crippen molar-refractivity contribution in [3.05, 3.63) is 4.91 Å². The maximum Gasteiger partial charge on any atom is 0.353 e. The van der Waals surface area contributed by atoms with Gasteiger partial charge in [0.15, 0.2) is 0 Å². The predicted octanol–water partition coefficient (Wildman–Crippen LogP) is 0.449. The summed E-state index contributed by atoms with van der Waals surface area (Å²) in [6.45, 7) is 1.35. The number of primary amides is 1. The van der Waals surface area contributed by atoms with E-state index in [-0.39, 0.29) is 0 Å². The first-order valence-corrected chi connectivity index (χ1v) is 3.93. The summed E-state index contributed by atoms with van der Waals surface area (Å²) in [5, 5.41) is 4.81. The van der Waals surface area contributed by atoms with E-state index >= 15 is 0 Å². The lowest BCUT2D eigenvalue weighted by atomic mass is 10.2. The van der Waals surface area contributed by atoms with Gasteiger partial charge in [-0.15, -0.1) is 10.0 Å². The van der Waals surface area contributed by atoms with Gasteiger partial charge in [-0.05, 0) is 12.8 Å². The van der Waals surface area contributed by atoms with Crippen LogP contribution >= 0.6 is 0 Å². The number of nitroso groups, excluding NO2 is 1. The highest BCUT2D eigenvalue weighted by Gasteiger charge is 2.21. The third-order valence-electron chi connectivity index (χ3n) is 1.87. The Morgan fingerprint density at radius 3 is 2.33 bits per heavy atom. The standard InChI is InChI=1S/C6H12N4O2/c7-6(11)10(8-12)9-4-2-1-3-5-9/h1-5H2,(H2,7,11). The Bertz CT molecular complexity index is 178. The van der Waals surface area contributed by atoms with Crippen molar-refractivity contribution in [2.45, 2.75) is 19.3 Å². The van der Waals surface area contributed by atoms with Crippen LogP contribution in [0.5, 0.6) is 0 Å². The van der Waals surface area contributed by atoms with Crippen molar-refractivity contribution in [1.82, 2.24) is 10.1 Å². The highest BCUT2D eigenvalue weighted by molar-refractivity contribution is 5.70. The molecule has 0 aromatic rings. The summed E-state index contributed by atoms with van der Waals surface area (Å²) in [5.74, 6) is 0. The van der Waals surface area contributed by atoms with Crippen LogP contribution in [-0.4, -0.2) is 29.2 Å². The van der Waals surface area contributed by atoms with Gasteiger partial charge in [-0.2, -0.15) is 5.01 Å². The van der Waals surface area contributed by atoms with Crippen molar-refractivity contribution in [2.24, 2.45) is 11.0 Å². The minimum absolute atomic E-state index is 0.675. The maximum atomic E-state index is 10.6. The second-order valence-corrected chi connectivity index (χ2v) is 2.72. The second kappa shape index (κ2) is 4.01. The molecule has 0 atom stereocenters. The molecule has 12 heavy (non-hydrogen) atoms. The molecule has 1 aliphatic heterocycles. The van der Waals surface area contributed by atoms with Gasteiger partial charge in [0, 0.05) is 13.1 Å². The first-order chi connectivity index (χ1) is 5.75. The molecule has 6 heteroatoms. The summed E-state index contributed by atoms with van der Waals surface area (Å²) < 4.78 is 0. The lowest BCUT2D eigenvalue weighted by Crippen LogP contribution is -2.47. The van der Waals surface area contributed by atoms with Crippen LogP contribution in [-0.2, 0) is 0 Å². The van der Waals surface area contributed by atoms with Crippen LogP contribution in [0.1, 0.15) is 19.3 Å². The number of hydrogen-bond acceptors (Lipinski definition) is 4. The van der Waals surface area contributed by atoms with Crippen LogP contribution in [0.4, 0.5) is 4.79 Å². The van der Waals surface area contributed by atoms with Crippen molar-refractivity contribution < 1.29 is 4.79 Å². The average molecular weight is 172 g/mol. The molecule has 0 spiro atoms. The molecule has 0 saturated carbocycles. The summed E-state index contributed by atoms with van der Waals surface area (Å²) in [5.41, 5.74) is 4.93. The Kier molecular flexibility index (Phi) is 2.98. The van der Waals surface area contributed by atoms with Crippen LogP contribution in [0.25, 0.3) is 0 Å². The van der Waals surface area contributed by atoms with E-state index in [1.54, 1.807) is 5.01 Å². The quantitative estimate of drug-likeness (QED) is 0.485. The lowest BCUT2D eigenvalue weighted by Gasteiger charge is -2.29. The minimum atomic E-state index is -0.813. The molecule has 0 radical (unpaired) electrons. The normalized spacial score (nSPS) is 18.7. The van der Waals surface area contributed by atoms with E-state index in [0.717, 1.165) is 19.3 Å². The minimum Gasteiger partial charge on any atom is -0.349 e. The molecule has 1 fully saturated rings. The smallest absolute Gasteiger partial charge is 0.349 e. The van der Waals surface area contributed by atoms with Crippen LogP contribution < -0.4 is 5.73 Å². The number of nitrogens with zero attached hydrogens (tertiary/aromatic N) is 3. The first kappa shape index (κ1) is 8.92. The van der Waals surface area contributed by atoms with Crippen molar-refractivity contribution in [1.29, 1.82) is 0 Å². The van der Waals surface area contributed by atoms with Crippen molar-refractivity contribution in [3.8, 4) is 0 Å². The van der Waals surface area contributed by atoms with Gasteiger partial charge in [-0.1, -0.05) is 6.42 Å². The topological polar surface area (TPSA) is 79.0 Å². The molecule has 1 heterocycles. The van der Waals surface area contributed by atoms with E-state index in [0.29, 0.717) is 18.2 Å². The molecule has 2 N–H and O–H groups in total. The zero-order chi connectivity index (χ0) is 8.97. The fourth-order valence-electron chi connectivity index (χ4n) is 1.30. The van der Waals surface area contributed by atoms with Crippen molar-refractivity contribution in [3.63, 3.8) is 0 Å². The number of carbonyl (C=O) groups is 1. The van der Waals surface area contributed by atoms with Gasteiger partial charge >= 0.3 is 6.03 Å². The number of urea groups is 1. The summed E-state index contributed by atoms with van der Waals surface area (Å²) >= 11 is 0. The van der Waals surface area contributed by atoms with Gasteiger partial charge in [0.2, 0.25) is 0 Å². The van der Waals surface area contributed by atoms with Gasteiger partial charge in [-0.3, -0.25) is 0 Å². The highest BCUT2D eigenvalue weighted by atomic mass is 16.3. The summed E-state index contributed by atoms with van der Waals surface area (Å²) in [7, 11) is 0. The predicted molar refractivity (Wildman–Crippen MR) is 42.6 cm³/mol. The number of carbonyl (C=O) groups excluding carboxylic acids is 1. The number of hydrazine groups is 1. The second-order valence-electron chi connectivity index (χ2n) is 2.72. The molecule has 0 aromatic heterocycles. The number of amides is 2. The van der Waals surface area contributed by atoms with Gasteiger partial charge in [0.25, 0.3) is 0 Å². The monoisotopic (exact) mass is 172 g/mol. The molecule has 68 valence electrons. The fraction of sp³-hybridized carbons (Fsp3) is 0.833. The summed E-state index contributed by atoms with van der Waals surface area (Å²) in [4.78, 5) is 20.8. The van der Waals surface area contributed by atoms with E-state index in [1.807, 2.05) is 0 Å². The largest absolute Gasteiger partial charge is 0.353 e. The highest BCUT2D eigenvalue weighted by Crippen LogP contribution is 2.11. The van der Waals surface area contributed by atoms with E-state index in [4.69, 9.17) is 5.73 Å². The zero-order valence-corrected chi connectivity index (χ0v) is 6.77. The molecule has 0 aromatic carbocycles. The molecule has 0 bridgehead atoms. The van der Waals surface area contributed by atoms with Crippen LogP contribution in [0.2, 0.25) is 0 Å². The summed E-state index contributed by atoms with van der Waals surface area (Å²) in [6.07, 6.45) is 3.07. The molecule has 0 unspecified atom stereocenters. The Hall–Kier alpha value is -1.17. The zero-order valence-electron chi connectivity index (χ0n) is 6.77. The van der Waals surface area contributed by atoms with Crippen LogP contribution in [0.3, 0.4) is 0 Å². The van der Waals surface area contributed by atoms with Crippen LogP contribution in [0, 0.1) is 4.91 Å². The molecule has 1 rings (SSSR count). The molecular formula is C6H12N4O2. The first-order valence-electron chi connectivity index (χ1n) is 3.93. The SMILES string of the molecule is NC(=O)N(N=O)N1CCCCC1. The number of rotatable bonds is 2. The van der Waals surface area contributed by atoms with Crippen molar-refractivity contribution >= 4 is 6.03 Å². The third kappa shape index (κ3) is 1.91. The number of hydrogen-bond donors (Lipinski definition) is 1. The third-order valence-corrected chi connectivity index (χ3v) is 1.87. The van der Waals surface area contributed by atoms with Gasteiger partial charge in [0.1, 0.15) is 0 Å². The molecule has 2 amide bonds. The Morgan fingerprint density at radius 2 is 1.92 bits per heavy atom. The molecule has 0 aliphatic carbocycles. The van der Waals surface area contributed by atoms with E-state index < -0.39 is 6.03 Å². The van der Waals surface area contributed by atoms with Gasteiger partial charge < -0.3 is 5.73 Å². The van der Waals surface area contributed by atoms with E-state index in [9.17, 15) is 9.70 Å². The van der Waals surface area contributed by atoms with Crippen molar-refractivity contribution in [2.75, 3.05) is 13.1 Å². The molecular weight excluding hydrogens is 160 g/mol. The fourth-order valence-corrected chi connectivity index (χ4v) is 1.30. The molecule has 6 nitrogen and oxygen atoms in total. The Morgan fingerprint density at radius 1 is 1.33 bits per heavy atom. The van der Waals surface area contributed by atoms with E-state index in [1.165, 1.54) is 0 Å². The number of nitrogens with two attached hydrogens (primary N) is 1. The molecule has 1 aliphatic rings. The van der Waals surface area contributed by atoms with E-state index in [2.05, 4.69) is 5.29 Å². The average Bonchev–Trinajstić information content (AvgIpc) is 2.07.